The first kappa shape index (κ1) is 18.7. The topological polar surface area (TPSA) is 104 Å². The number of hydrogen-bond donors (Lipinski definition) is 1. The van der Waals surface area contributed by atoms with Gasteiger partial charge in [0.25, 0.3) is 11.6 Å². The number of anilines is 2. The fraction of sp³-hybridized carbons (Fsp3) is 0.350. The Labute approximate surface area is 176 Å². The number of nitro groups is 1. The molecule has 1 amide bonds. The number of rotatable bonds is 5. The average molecular weight is 424 g/mol. The monoisotopic (exact) mass is 424 g/mol. The quantitative estimate of drug-likeness (QED) is 0.495. The van der Waals surface area contributed by atoms with Gasteiger partial charge in [0.05, 0.1) is 4.92 Å². The van der Waals surface area contributed by atoms with Crippen LogP contribution in [0.25, 0.3) is 10.3 Å². The lowest BCUT2D eigenvalue weighted by Gasteiger charge is -2.34. The number of thiazole rings is 1. The van der Waals surface area contributed by atoms with Crippen molar-refractivity contribution in [1.29, 1.82) is 0 Å². The number of amides is 1. The van der Waals surface area contributed by atoms with Crippen molar-refractivity contribution in [3.05, 3.63) is 52.2 Å². The van der Waals surface area contributed by atoms with Gasteiger partial charge in [0.2, 0.25) is 0 Å². The first-order valence-electron chi connectivity index (χ1n) is 9.89. The molecule has 2 aromatic heterocycles. The minimum Gasteiger partial charge on any atom is -0.377 e. The second kappa shape index (κ2) is 7.52. The van der Waals surface area contributed by atoms with E-state index in [1.807, 2.05) is 12.1 Å². The fourth-order valence-electron chi connectivity index (χ4n) is 3.56. The molecule has 1 aliphatic heterocycles. The molecule has 3 heterocycles. The minimum absolute atomic E-state index is 0.0478. The lowest BCUT2D eigenvalue weighted by atomic mass is 10.1. The van der Waals surface area contributed by atoms with Crippen LogP contribution >= 0.6 is 11.3 Å². The van der Waals surface area contributed by atoms with Crippen molar-refractivity contribution in [2.75, 3.05) is 36.4 Å². The Hall–Kier alpha value is -3.27. The Morgan fingerprint density at radius 3 is 2.70 bits per heavy atom. The van der Waals surface area contributed by atoms with Crippen LogP contribution in [0.4, 0.5) is 16.5 Å². The molecule has 10 heteroatoms. The van der Waals surface area contributed by atoms with Crippen LogP contribution in [0, 0.1) is 10.1 Å². The molecule has 1 saturated heterocycles. The van der Waals surface area contributed by atoms with Crippen LogP contribution in [0.5, 0.6) is 0 Å². The second-order valence-electron chi connectivity index (χ2n) is 7.51. The maximum Gasteiger partial charge on any atom is 0.293 e. The van der Waals surface area contributed by atoms with Gasteiger partial charge < -0.3 is 15.1 Å². The van der Waals surface area contributed by atoms with Gasteiger partial charge in [0.15, 0.2) is 5.13 Å². The molecule has 0 radical (unpaired) electrons. The van der Waals surface area contributed by atoms with Crippen LogP contribution in [0.15, 0.2) is 36.5 Å². The van der Waals surface area contributed by atoms with E-state index in [9.17, 15) is 14.9 Å². The summed E-state index contributed by atoms with van der Waals surface area (Å²) in [5, 5.41) is 15.5. The van der Waals surface area contributed by atoms with Gasteiger partial charge in [-0.05, 0) is 37.1 Å². The standard InChI is InChI=1S/C20H20N6O3S/c27-19(13-3-6-15(22-14-4-5-14)17(12-13)26(28)29)24-8-10-25(11-9-24)20-23-16-2-1-7-21-18(16)30-20/h1-3,6-7,12,14,22H,4-5,8-11H2. The summed E-state index contributed by atoms with van der Waals surface area (Å²) in [5.74, 6) is -0.179. The number of benzene rings is 1. The largest absolute Gasteiger partial charge is 0.377 e. The van der Waals surface area contributed by atoms with Crippen molar-refractivity contribution in [3.63, 3.8) is 0 Å². The first-order valence-corrected chi connectivity index (χ1v) is 10.7. The van der Waals surface area contributed by atoms with E-state index in [2.05, 4.69) is 20.2 Å². The molecule has 1 saturated carbocycles. The van der Waals surface area contributed by atoms with Gasteiger partial charge in [-0.15, -0.1) is 0 Å². The number of carbonyl (C=O) groups is 1. The van der Waals surface area contributed by atoms with Gasteiger partial charge in [-0.2, -0.15) is 0 Å². The average Bonchev–Trinajstić information content (AvgIpc) is 3.47. The minimum atomic E-state index is -0.430. The van der Waals surface area contributed by atoms with E-state index in [1.54, 1.807) is 34.6 Å². The molecule has 2 aliphatic rings. The Bertz CT molecular complexity index is 1090. The molecule has 9 nitrogen and oxygen atoms in total. The lowest BCUT2D eigenvalue weighted by molar-refractivity contribution is -0.384. The maximum atomic E-state index is 12.9. The predicted octanol–water partition coefficient (Wildman–Crippen LogP) is 3.14. The molecule has 3 aromatic rings. The number of hydrogen-bond acceptors (Lipinski definition) is 8. The number of pyridine rings is 1. The zero-order valence-electron chi connectivity index (χ0n) is 16.2. The Balaban J connectivity index is 1.28. The summed E-state index contributed by atoms with van der Waals surface area (Å²) >= 11 is 1.54. The third kappa shape index (κ3) is 3.65. The van der Waals surface area contributed by atoms with Gasteiger partial charge in [0, 0.05) is 50.0 Å². The highest BCUT2D eigenvalue weighted by Gasteiger charge is 2.28. The zero-order chi connectivity index (χ0) is 20.7. The molecule has 1 aromatic carbocycles. The van der Waals surface area contributed by atoms with Crippen LogP contribution in [0.1, 0.15) is 23.2 Å². The SMILES string of the molecule is O=C(c1ccc(NC2CC2)c([N+](=O)[O-])c1)N1CCN(c2nc3cccnc3s2)CC1. The van der Waals surface area contributed by atoms with Gasteiger partial charge in [-0.25, -0.2) is 9.97 Å². The van der Waals surface area contributed by atoms with Crippen molar-refractivity contribution in [2.45, 2.75) is 18.9 Å². The van der Waals surface area contributed by atoms with E-state index in [-0.39, 0.29) is 11.6 Å². The molecule has 1 N–H and O–H groups in total. The van der Waals surface area contributed by atoms with E-state index in [4.69, 9.17) is 0 Å². The Morgan fingerprint density at radius 1 is 1.20 bits per heavy atom. The van der Waals surface area contributed by atoms with E-state index < -0.39 is 4.92 Å². The van der Waals surface area contributed by atoms with E-state index in [0.717, 1.165) is 28.3 Å². The number of fused-ring (bicyclic) bond motifs is 1. The molecular weight excluding hydrogens is 404 g/mol. The van der Waals surface area contributed by atoms with E-state index in [0.29, 0.717) is 43.5 Å². The molecule has 0 spiro atoms. The van der Waals surface area contributed by atoms with E-state index >= 15 is 0 Å². The summed E-state index contributed by atoms with van der Waals surface area (Å²) < 4.78 is 0. The fourth-order valence-corrected chi connectivity index (χ4v) is 4.52. The smallest absolute Gasteiger partial charge is 0.293 e. The number of piperazine rings is 1. The molecular formula is C20H20N6O3S. The molecule has 30 heavy (non-hydrogen) atoms. The van der Waals surface area contributed by atoms with Crippen molar-refractivity contribution < 1.29 is 9.72 Å². The summed E-state index contributed by atoms with van der Waals surface area (Å²) in [6.45, 7) is 2.40. The van der Waals surface area contributed by atoms with Crippen molar-refractivity contribution in [3.8, 4) is 0 Å². The van der Waals surface area contributed by atoms with Gasteiger partial charge in [0.1, 0.15) is 16.0 Å². The molecule has 154 valence electrons. The van der Waals surface area contributed by atoms with Gasteiger partial charge in [-0.3, -0.25) is 14.9 Å². The van der Waals surface area contributed by atoms with Crippen LogP contribution in [0.3, 0.4) is 0 Å². The summed E-state index contributed by atoms with van der Waals surface area (Å²) in [5.41, 5.74) is 1.66. The molecule has 5 rings (SSSR count). The zero-order valence-corrected chi connectivity index (χ0v) is 17.0. The highest BCUT2D eigenvalue weighted by Crippen LogP contribution is 2.32. The highest BCUT2D eigenvalue weighted by molar-refractivity contribution is 7.21. The van der Waals surface area contributed by atoms with Crippen LogP contribution in [0.2, 0.25) is 0 Å². The van der Waals surface area contributed by atoms with Crippen LogP contribution in [-0.4, -0.2) is 57.9 Å². The lowest BCUT2D eigenvalue weighted by Crippen LogP contribution is -2.48. The molecule has 2 fully saturated rings. The third-order valence-corrected chi connectivity index (χ3v) is 6.41. The van der Waals surface area contributed by atoms with E-state index in [1.165, 1.54) is 6.07 Å². The number of nitrogens with one attached hydrogen (secondary N) is 1. The van der Waals surface area contributed by atoms with Crippen molar-refractivity contribution in [1.82, 2.24) is 14.9 Å². The number of aromatic nitrogens is 2. The number of nitrogens with zero attached hydrogens (tertiary/aromatic N) is 5. The van der Waals surface area contributed by atoms with Crippen molar-refractivity contribution >= 4 is 44.1 Å². The van der Waals surface area contributed by atoms with Crippen LogP contribution in [-0.2, 0) is 0 Å². The maximum absolute atomic E-state index is 12.9. The number of carbonyl (C=O) groups excluding carboxylic acids is 1. The summed E-state index contributed by atoms with van der Waals surface area (Å²) in [6, 6.07) is 8.82. The summed E-state index contributed by atoms with van der Waals surface area (Å²) in [4.78, 5) is 37.8. The van der Waals surface area contributed by atoms with Crippen LogP contribution < -0.4 is 10.2 Å². The first-order chi connectivity index (χ1) is 14.6. The van der Waals surface area contributed by atoms with Gasteiger partial charge in [-0.1, -0.05) is 11.3 Å². The second-order valence-corrected chi connectivity index (χ2v) is 8.47. The normalized spacial score (nSPS) is 16.7. The summed E-state index contributed by atoms with van der Waals surface area (Å²) in [7, 11) is 0. The Kier molecular flexibility index (Phi) is 4.70. The highest BCUT2D eigenvalue weighted by atomic mass is 32.1. The molecule has 0 bridgehead atoms. The Morgan fingerprint density at radius 2 is 2.00 bits per heavy atom. The molecule has 0 unspecified atom stereocenters. The number of nitro benzene ring substituents is 1. The van der Waals surface area contributed by atoms with Gasteiger partial charge >= 0.3 is 0 Å². The third-order valence-electron chi connectivity index (χ3n) is 5.37. The summed E-state index contributed by atoms with van der Waals surface area (Å²) in [6.07, 6.45) is 3.80. The predicted molar refractivity (Wildman–Crippen MR) is 115 cm³/mol. The molecule has 0 atom stereocenters. The van der Waals surface area contributed by atoms with Crippen molar-refractivity contribution in [2.24, 2.45) is 0 Å². The molecule has 1 aliphatic carbocycles.